The Bertz CT molecular complexity index is 4000. The molecule has 1 aliphatic rings. The molecule has 0 saturated carbocycles. The molecule has 0 aliphatic heterocycles. The second-order valence-corrected chi connectivity index (χ2v) is 19.0. The van der Waals surface area contributed by atoms with E-state index in [1.807, 2.05) is 0 Å². The lowest BCUT2D eigenvalue weighted by molar-refractivity contribution is 0.768. The fourth-order valence-corrected chi connectivity index (χ4v) is 12.0. The third kappa shape index (κ3) is 6.17. The summed E-state index contributed by atoms with van der Waals surface area (Å²) in [6.45, 7) is 0. The summed E-state index contributed by atoms with van der Waals surface area (Å²) >= 11 is 0. The third-order valence-corrected chi connectivity index (χ3v) is 15.2. The quantitative estimate of drug-likeness (QED) is 0.149. The van der Waals surface area contributed by atoms with Crippen molar-refractivity contribution in [3.05, 3.63) is 265 Å². The van der Waals surface area contributed by atoms with Crippen LogP contribution < -0.4 is 0 Å². The van der Waals surface area contributed by atoms with Gasteiger partial charge >= 0.3 is 0 Å². The fraction of sp³-hybridized carbons (Fsp3) is 0.0448. The van der Waals surface area contributed by atoms with Crippen LogP contribution in [-0.2, 0) is 19.5 Å². The number of imidazole rings is 2. The molecule has 2 heterocycles. The summed E-state index contributed by atoms with van der Waals surface area (Å²) in [5.41, 5.74) is 20.6. The van der Waals surface area contributed by atoms with Gasteiger partial charge in [0.15, 0.2) is 0 Å². The first-order chi connectivity index (χ1) is 35.0. The van der Waals surface area contributed by atoms with Gasteiger partial charge in [0, 0.05) is 25.2 Å². The minimum Gasteiger partial charge on any atom is -0.327 e. The van der Waals surface area contributed by atoms with Gasteiger partial charge in [-0.15, -0.1) is 0 Å². The van der Waals surface area contributed by atoms with E-state index in [1.54, 1.807) is 0 Å². The van der Waals surface area contributed by atoms with Crippen LogP contribution in [0.4, 0.5) is 0 Å². The Morgan fingerprint density at radius 1 is 0.310 bits per heavy atom. The van der Waals surface area contributed by atoms with Crippen molar-refractivity contribution in [2.45, 2.75) is 5.41 Å². The molecule has 4 heteroatoms. The van der Waals surface area contributed by atoms with Gasteiger partial charge in [0.1, 0.15) is 11.6 Å². The Kier molecular flexibility index (Phi) is 9.21. The maximum atomic E-state index is 5.12. The first-order valence-corrected chi connectivity index (χ1v) is 24.4. The van der Waals surface area contributed by atoms with Gasteiger partial charge in [-0.25, -0.2) is 9.97 Å². The highest BCUT2D eigenvalue weighted by molar-refractivity contribution is 6.19. The van der Waals surface area contributed by atoms with E-state index in [0.717, 1.165) is 56.0 Å². The summed E-state index contributed by atoms with van der Waals surface area (Å²) in [5, 5.41) is 4.81. The number of aryl methyl sites for hydroxylation is 2. The largest absolute Gasteiger partial charge is 0.327 e. The van der Waals surface area contributed by atoms with E-state index in [0.29, 0.717) is 0 Å². The molecule has 14 rings (SSSR count). The predicted octanol–water partition coefficient (Wildman–Crippen LogP) is 16.5. The van der Waals surface area contributed by atoms with Crippen molar-refractivity contribution in [1.82, 2.24) is 19.1 Å². The Hall–Kier alpha value is -9.12. The van der Waals surface area contributed by atoms with Crippen molar-refractivity contribution >= 4 is 43.6 Å². The van der Waals surface area contributed by atoms with Crippen LogP contribution in [0, 0.1) is 0 Å². The minimum absolute atomic E-state index is 0.482. The molecule has 0 fully saturated rings. The van der Waals surface area contributed by atoms with Gasteiger partial charge in [-0.1, -0.05) is 206 Å². The van der Waals surface area contributed by atoms with Gasteiger partial charge in [0.05, 0.1) is 27.5 Å². The van der Waals surface area contributed by atoms with Gasteiger partial charge < -0.3 is 9.13 Å². The molecule has 0 atom stereocenters. The minimum atomic E-state index is -0.482. The van der Waals surface area contributed by atoms with Crippen LogP contribution >= 0.6 is 0 Å². The zero-order valence-corrected chi connectivity index (χ0v) is 39.4. The monoisotopic (exact) mass is 906 g/mol. The van der Waals surface area contributed by atoms with Crippen molar-refractivity contribution in [2.24, 2.45) is 14.1 Å². The molecule has 11 aromatic carbocycles. The molecule has 0 spiro atoms. The number of benzene rings is 11. The highest BCUT2D eigenvalue weighted by Gasteiger charge is 2.46. The van der Waals surface area contributed by atoms with Crippen molar-refractivity contribution in [2.75, 3.05) is 0 Å². The van der Waals surface area contributed by atoms with E-state index >= 15 is 0 Å². The van der Waals surface area contributed by atoms with Crippen molar-refractivity contribution in [1.29, 1.82) is 0 Å². The van der Waals surface area contributed by atoms with Crippen LogP contribution in [0.15, 0.2) is 243 Å². The Balaban J connectivity index is 1.03. The second kappa shape index (κ2) is 16.0. The summed E-state index contributed by atoms with van der Waals surface area (Å²) in [7, 11) is 4.25. The van der Waals surface area contributed by atoms with E-state index in [1.165, 1.54) is 77.2 Å². The number of aromatic nitrogens is 4. The van der Waals surface area contributed by atoms with Gasteiger partial charge in [0.2, 0.25) is 0 Å². The Morgan fingerprint density at radius 2 is 0.746 bits per heavy atom. The van der Waals surface area contributed by atoms with E-state index < -0.39 is 5.41 Å². The zero-order chi connectivity index (χ0) is 47.2. The predicted molar refractivity (Wildman–Crippen MR) is 294 cm³/mol. The number of hydrogen-bond acceptors (Lipinski definition) is 2. The van der Waals surface area contributed by atoms with Gasteiger partial charge in [-0.05, 0) is 125 Å². The van der Waals surface area contributed by atoms with Gasteiger partial charge in [0.25, 0.3) is 0 Å². The van der Waals surface area contributed by atoms with Gasteiger partial charge in [-0.2, -0.15) is 0 Å². The number of fused-ring (bicyclic) bond motifs is 7. The fourth-order valence-electron chi connectivity index (χ4n) is 12.0. The average Bonchev–Trinajstić information content (AvgIpc) is 4.06. The van der Waals surface area contributed by atoms with Crippen molar-refractivity contribution < 1.29 is 0 Å². The SMILES string of the molecule is Cn1c(-c2ccccc2)nc2ccc(-c3cccc4c(-c5ccc6c(c5)-c5ccccc5C6(c5ccccc5)c5ccccc5)c5cccc(-c6ccc7nc(-c8ccccc8)n(C)c7c6)c5cc34)cc21. The first-order valence-electron chi connectivity index (χ1n) is 24.4. The molecule has 0 unspecified atom stereocenters. The molecule has 0 radical (unpaired) electrons. The van der Waals surface area contributed by atoms with Crippen LogP contribution in [0.1, 0.15) is 22.3 Å². The van der Waals surface area contributed by atoms with Crippen molar-refractivity contribution in [3.63, 3.8) is 0 Å². The van der Waals surface area contributed by atoms with Crippen LogP contribution in [0.5, 0.6) is 0 Å². The molecule has 0 bridgehead atoms. The zero-order valence-electron chi connectivity index (χ0n) is 39.4. The summed E-state index contributed by atoms with van der Waals surface area (Å²) in [6.07, 6.45) is 0. The second-order valence-electron chi connectivity index (χ2n) is 19.0. The Labute approximate surface area is 412 Å². The van der Waals surface area contributed by atoms with E-state index in [-0.39, 0.29) is 0 Å². The molecule has 0 saturated heterocycles. The molecule has 0 amide bonds. The summed E-state index contributed by atoms with van der Waals surface area (Å²) in [6, 6.07) is 89.0. The lowest BCUT2D eigenvalue weighted by atomic mass is 9.67. The number of rotatable bonds is 7. The molecule has 71 heavy (non-hydrogen) atoms. The van der Waals surface area contributed by atoms with Crippen molar-refractivity contribution in [3.8, 4) is 67.3 Å². The molecule has 1 aliphatic carbocycles. The Morgan fingerprint density at radius 3 is 1.27 bits per heavy atom. The molecule has 13 aromatic rings. The highest BCUT2D eigenvalue weighted by Crippen LogP contribution is 2.57. The van der Waals surface area contributed by atoms with E-state index in [9.17, 15) is 0 Å². The lowest BCUT2D eigenvalue weighted by Crippen LogP contribution is -2.28. The smallest absolute Gasteiger partial charge is 0.140 e. The van der Waals surface area contributed by atoms with Gasteiger partial charge in [-0.3, -0.25) is 0 Å². The molecule has 4 nitrogen and oxygen atoms in total. The van der Waals surface area contributed by atoms with Crippen LogP contribution in [0.25, 0.3) is 111 Å². The maximum Gasteiger partial charge on any atom is 0.140 e. The van der Waals surface area contributed by atoms with Crippen LogP contribution in [-0.4, -0.2) is 19.1 Å². The molecular formula is C67H46N4. The summed E-state index contributed by atoms with van der Waals surface area (Å²) in [5.74, 6) is 1.91. The average molecular weight is 907 g/mol. The normalized spacial score (nSPS) is 12.8. The number of hydrogen-bond donors (Lipinski definition) is 0. The molecule has 334 valence electrons. The topological polar surface area (TPSA) is 35.6 Å². The summed E-state index contributed by atoms with van der Waals surface area (Å²) in [4.78, 5) is 10.2. The summed E-state index contributed by atoms with van der Waals surface area (Å²) < 4.78 is 4.45. The number of nitrogens with zero attached hydrogens (tertiary/aromatic N) is 4. The maximum absolute atomic E-state index is 5.12. The van der Waals surface area contributed by atoms with Crippen LogP contribution in [0.3, 0.4) is 0 Å². The van der Waals surface area contributed by atoms with E-state index in [4.69, 9.17) is 9.97 Å². The lowest BCUT2D eigenvalue weighted by Gasteiger charge is -2.33. The molecule has 2 aromatic heterocycles. The molecular weight excluding hydrogens is 861 g/mol. The third-order valence-electron chi connectivity index (χ3n) is 15.2. The standard InChI is InChI=1S/C67H46N4/c1-70-62-40-45(34-37-60(62)68-65(70)43-19-7-3-8-20-43)50-28-17-30-53-55(50)42-56-51(46-35-38-61-63(41-46)71(2)66(69-61)44-21-9-4-10-22-44)29-18-31-54(56)64(53)47-33-36-59-57(39-47)52-27-15-16-32-58(52)67(59,48-23-11-5-12-24-48)49-25-13-6-14-26-49/h3-42H,1-2H3. The molecule has 0 N–H and O–H groups in total. The van der Waals surface area contributed by atoms with Crippen LogP contribution in [0.2, 0.25) is 0 Å². The highest BCUT2D eigenvalue weighted by atomic mass is 15.1. The first kappa shape index (κ1) is 40.9. The van der Waals surface area contributed by atoms with E-state index in [2.05, 4.69) is 266 Å².